The van der Waals surface area contributed by atoms with Gasteiger partial charge in [0, 0.05) is 44.5 Å². The van der Waals surface area contributed by atoms with Gasteiger partial charge in [-0.15, -0.1) is 0 Å². The number of rotatable bonds is 7. The van der Waals surface area contributed by atoms with Crippen molar-refractivity contribution in [2.24, 2.45) is 0 Å². The predicted molar refractivity (Wildman–Crippen MR) is 116 cm³/mol. The van der Waals surface area contributed by atoms with Gasteiger partial charge in [0.15, 0.2) is 18.1 Å². The second-order valence-electron chi connectivity index (χ2n) is 7.51. The van der Waals surface area contributed by atoms with E-state index < -0.39 is 0 Å². The topological polar surface area (TPSA) is 71.1 Å². The average molecular weight is 412 g/mol. The van der Waals surface area contributed by atoms with Gasteiger partial charge in [-0.2, -0.15) is 0 Å². The molecular formula is C23H29N3O4. The normalized spacial score (nSPS) is 14.2. The first kappa shape index (κ1) is 21.5. The summed E-state index contributed by atoms with van der Waals surface area (Å²) in [4.78, 5) is 28.7. The molecule has 1 fully saturated rings. The smallest absolute Gasteiger partial charge is 0.260 e. The molecule has 2 aromatic rings. The van der Waals surface area contributed by atoms with Gasteiger partial charge in [-0.05, 0) is 49.2 Å². The summed E-state index contributed by atoms with van der Waals surface area (Å²) in [6.45, 7) is 1.16. The SMILES string of the molecule is COc1ccccc1OCC(=O)N1CCC(NC(=O)c2ccc(N(C)C)cc2)CC1. The Hall–Kier alpha value is -3.22. The Balaban J connectivity index is 1.45. The lowest BCUT2D eigenvalue weighted by atomic mass is 10.0. The number of anilines is 1. The number of carbonyl (C=O) groups is 2. The molecule has 0 unspecified atom stereocenters. The number of para-hydroxylation sites is 2. The zero-order valence-corrected chi connectivity index (χ0v) is 17.8. The van der Waals surface area contributed by atoms with E-state index >= 15 is 0 Å². The van der Waals surface area contributed by atoms with E-state index in [-0.39, 0.29) is 24.5 Å². The Morgan fingerprint density at radius 3 is 2.27 bits per heavy atom. The quantitative estimate of drug-likeness (QED) is 0.758. The Morgan fingerprint density at radius 2 is 1.67 bits per heavy atom. The molecule has 1 heterocycles. The van der Waals surface area contributed by atoms with Crippen LogP contribution in [0.1, 0.15) is 23.2 Å². The number of piperidine rings is 1. The molecule has 1 aliphatic rings. The lowest BCUT2D eigenvalue weighted by Crippen LogP contribution is -2.47. The zero-order chi connectivity index (χ0) is 21.5. The third-order valence-electron chi connectivity index (χ3n) is 5.25. The zero-order valence-electron chi connectivity index (χ0n) is 17.8. The molecule has 0 radical (unpaired) electrons. The van der Waals surface area contributed by atoms with Crippen LogP contribution in [0.4, 0.5) is 5.69 Å². The lowest BCUT2D eigenvalue weighted by Gasteiger charge is -2.32. The summed E-state index contributed by atoms with van der Waals surface area (Å²) in [6, 6.07) is 14.8. The van der Waals surface area contributed by atoms with Crippen LogP contribution in [0, 0.1) is 0 Å². The van der Waals surface area contributed by atoms with Gasteiger partial charge in [0.05, 0.1) is 7.11 Å². The number of likely N-dealkylation sites (tertiary alicyclic amines) is 1. The van der Waals surface area contributed by atoms with E-state index in [1.165, 1.54) is 0 Å². The van der Waals surface area contributed by atoms with Gasteiger partial charge >= 0.3 is 0 Å². The summed E-state index contributed by atoms with van der Waals surface area (Å²) >= 11 is 0. The average Bonchev–Trinajstić information content (AvgIpc) is 2.78. The van der Waals surface area contributed by atoms with Crippen LogP contribution in [0.2, 0.25) is 0 Å². The molecule has 30 heavy (non-hydrogen) atoms. The lowest BCUT2D eigenvalue weighted by molar-refractivity contribution is -0.134. The van der Waals surface area contributed by atoms with Crippen molar-refractivity contribution in [2.45, 2.75) is 18.9 Å². The van der Waals surface area contributed by atoms with E-state index in [0.29, 0.717) is 30.2 Å². The highest BCUT2D eigenvalue weighted by Gasteiger charge is 2.24. The molecular weight excluding hydrogens is 382 g/mol. The monoisotopic (exact) mass is 411 g/mol. The number of hydrogen-bond donors (Lipinski definition) is 1. The maximum atomic E-state index is 12.5. The van der Waals surface area contributed by atoms with Crippen LogP contribution in [0.3, 0.4) is 0 Å². The Kier molecular flexibility index (Phi) is 7.17. The number of hydrogen-bond acceptors (Lipinski definition) is 5. The molecule has 7 nitrogen and oxygen atoms in total. The summed E-state index contributed by atoms with van der Waals surface area (Å²) in [5, 5.41) is 3.08. The Morgan fingerprint density at radius 1 is 1.03 bits per heavy atom. The van der Waals surface area contributed by atoms with Crippen LogP contribution >= 0.6 is 0 Å². The van der Waals surface area contributed by atoms with Crippen LogP contribution in [0.15, 0.2) is 48.5 Å². The van der Waals surface area contributed by atoms with Crippen molar-refractivity contribution in [3.63, 3.8) is 0 Å². The molecule has 1 saturated heterocycles. The first-order chi connectivity index (χ1) is 14.5. The van der Waals surface area contributed by atoms with Gasteiger partial charge in [0.1, 0.15) is 0 Å². The van der Waals surface area contributed by atoms with Crippen molar-refractivity contribution in [1.82, 2.24) is 10.2 Å². The molecule has 160 valence electrons. The minimum absolute atomic E-state index is 0.0321. The Bertz CT molecular complexity index is 859. The fourth-order valence-corrected chi connectivity index (χ4v) is 3.42. The highest BCUT2D eigenvalue weighted by atomic mass is 16.5. The van der Waals surface area contributed by atoms with Gasteiger partial charge < -0.3 is 24.6 Å². The molecule has 0 atom stereocenters. The standard InChI is InChI=1S/C23H29N3O4/c1-25(2)19-10-8-17(9-11-19)23(28)24-18-12-14-26(15-13-18)22(27)16-30-21-7-5-4-6-20(21)29-3/h4-11,18H,12-16H2,1-3H3,(H,24,28). The molecule has 1 N–H and O–H groups in total. The first-order valence-corrected chi connectivity index (χ1v) is 10.1. The third kappa shape index (κ3) is 5.43. The van der Waals surface area contributed by atoms with Crippen LogP contribution in [-0.2, 0) is 4.79 Å². The highest BCUT2D eigenvalue weighted by molar-refractivity contribution is 5.94. The van der Waals surface area contributed by atoms with Crippen LogP contribution < -0.4 is 19.7 Å². The van der Waals surface area contributed by atoms with E-state index in [2.05, 4.69) is 5.32 Å². The number of ether oxygens (including phenoxy) is 2. The molecule has 2 aromatic carbocycles. The van der Waals surface area contributed by atoms with Gasteiger partial charge in [0.25, 0.3) is 11.8 Å². The van der Waals surface area contributed by atoms with E-state index in [4.69, 9.17) is 9.47 Å². The van der Waals surface area contributed by atoms with Crippen molar-refractivity contribution in [1.29, 1.82) is 0 Å². The summed E-state index contributed by atoms with van der Waals surface area (Å²) in [6.07, 6.45) is 1.45. The summed E-state index contributed by atoms with van der Waals surface area (Å²) < 4.78 is 10.9. The van der Waals surface area contributed by atoms with E-state index in [1.807, 2.05) is 55.4 Å². The van der Waals surface area contributed by atoms with E-state index in [0.717, 1.165) is 18.5 Å². The minimum Gasteiger partial charge on any atom is -0.493 e. The second kappa shape index (κ2) is 10.0. The molecule has 0 aliphatic carbocycles. The second-order valence-corrected chi connectivity index (χ2v) is 7.51. The number of methoxy groups -OCH3 is 1. The van der Waals surface area contributed by atoms with Crippen molar-refractivity contribution in [2.75, 3.05) is 45.8 Å². The van der Waals surface area contributed by atoms with Gasteiger partial charge in [-0.3, -0.25) is 9.59 Å². The minimum atomic E-state index is -0.0791. The number of amides is 2. The summed E-state index contributed by atoms with van der Waals surface area (Å²) in [5.74, 6) is 1.01. The number of benzene rings is 2. The molecule has 1 aliphatic heterocycles. The molecule has 2 amide bonds. The Labute approximate surface area is 177 Å². The fourth-order valence-electron chi connectivity index (χ4n) is 3.42. The number of nitrogens with zero attached hydrogens (tertiary/aromatic N) is 2. The van der Waals surface area contributed by atoms with Crippen molar-refractivity contribution >= 4 is 17.5 Å². The van der Waals surface area contributed by atoms with Crippen molar-refractivity contribution in [3.8, 4) is 11.5 Å². The van der Waals surface area contributed by atoms with Crippen LogP contribution in [0.5, 0.6) is 11.5 Å². The predicted octanol–water partition coefficient (Wildman–Crippen LogP) is 2.56. The molecule has 7 heteroatoms. The molecule has 0 saturated carbocycles. The van der Waals surface area contributed by atoms with Gasteiger partial charge in [0.2, 0.25) is 0 Å². The fraction of sp³-hybridized carbons (Fsp3) is 0.391. The van der Waals surface area contributed by atoms with Crippen LogP contribution in [0.25, 0.3) is 0 Å². The van der Waals surface area contributed by atoms with Gasteiger partial charge in [-0.1, -0.05) is 12.1 Å². The number of carbonyl (C=O) groups excluding carboxylic acids is 2. The molecule has 0 aromatic heterocycles. The largest absolute Gasteiger partial charge is 0.493 e. The maximum Gasteiger partial charge on any atom is 0.260 e. The highest BCUT2D eigenvalue weighted by Crippen LogP contribution is 2.25. The maximum absolute atomic E-state index is 12.5. The molecule has 3 rings (SSSR count). The van der Waals surface area contributed by atoms with Gasteiger partial charge in [-0.25, -0.2) is 0 Å². The summed E-state index contributed by atoms with van der Waals surface area (Å²) in [7, 11) is 5.50. The van der Waals surface area contributed by atoms with Crippen LogP contribution in [-0.4, -0.2) is 63.7 Å². The summed E-state index contributed by atoms with van der Waals surface area (Å²) in [5.41, 5.74) is 1.69. The van der Waals surface area contributed by atoms with E-state index in [1.54, 1.807) is 24.1 Å². The molecule has 0 bridgehead atoms. The van der Waals surface area contributed by atoms with Crippen molar-refractivity contribution in [3.05, 3.63) is 54.1 Å². The first-order valence-electron chi connectivity index (χ1n) is 10.1. The van der Waals surface area contributed by atoms with E-state index in [9.17, 15) is 9.59 Å². The molecule has 0 spiro atoms. The number of nitrogens with one attached hydrogen (secondary N) is 1. The third-order valence-corrected chi connectivity index (χ3v) is 5.25. The van der Waals surface area contributed by atoms with Crippen molar-refractivity contribution < 1.29 is 19.1 Å².